The largest absolute Gasteiger partial charge is 0.310 e. The first-order chi connectivity index (χ1) is 37.2. The molecule has 0 fully saturated rings. The summed E-state index contributed by atoms with van der Waals surface area (Å²) < 4.78 is 0. The first-order valence-electron chi connectivity index (χ1n) is 26.1. The van der Waals surface area contributed by atoms with Crippen molar-refractivity contribution in [3.8, 4) is 55.6 Å². The summed E-state index contributed by atoms with van der Waals surface area (Å²) in [4.78, 5) is 2.50. The van der Waals surface area contributed by atoms with Gasteiger partial charge in [-0.2, -0.15) is 0 Å². The van der Waals surface area contributed by atoms with E-state index in [4.69, 9.17) is 0 Å². The van der Waals surface area contributed by atoms with E-state index in [1.165, 1.54) is 100 Å². The van der Waals surface area contributed by atoms with Gasteiger partial charge in [0.25, 0.3) is 0 Å². The second-order valence-corrected chi connectivity index (χ2v) is 19.9. The molecule has 0 aliphatic heterocycles. The van der Waals surface area contributed by atoms with E-state index in [1.807, 2.05) is 0 Å². The molecule has 0 aromatic heterocycles. The van der Waals surface area contributed by atoms with E-state index >= 15 is 0 Å². The summed E-state index contributed by atoms with van der Waals surface area (Å²) in [7, 11) is 0. The van der Waals surface area contributed by atoms with Gasteiger partial charge in [-0.15, -0.1) is 0 Å². The van der Waals surface area contributed by atoms with Gasteiger partial charge < -0.3 is 4.90 Å². The molecule has 1 nitrogen and oxygen atoms in total. The van der Waals surface area contributed by atoms with Crippen molar-refractivity contribution in [3.05, 3.63) is 354 Å². The van der Waals surface area contributed by atoms with Crippen LogP contribution in [0.1, 0.15) is 44.5 Å². The third-order valence-electron chi connectivity index (χ3n) is 16.0. The number of fused-ring (bicyclic) bond motifs is 6. The van der Waals surface area contributed by atoms with Gasteiger partial charge in [0, 0.05) is 17.1 Å². The van der Waals surface area contributed by atoms with Crippen molar-refractivity contribution in [2.24, 2.45) is 0 Å². The van der Waals surface area contributed by atoms with Crippen molar-refractivity contribution in [2.75, 3.05) is 4.90 Å². The SMILES string of the molecule is c1ccc(-c2ccc(N(c3ccc4c(c3)C(c3ccccc3)(c3ccccc3)c3ccccc3-4)c3ccc4c(c3)C(c3ccccc3)(c3ccccc3)c3c(-c5ccccc5)cc(-c5ccccc5)cc3-4)cc2)cc1. The zero-order chi connectivity index (χ0) is 49.8. The number of anilines is 3. The van der Waals surface area contributed by atoms with Gasteiger partial charge in [-0.3, -0.25) is 0 Å². The molecule has 0 heterocycles. The van der Waals surface area contributed by atoms with Gasteiger partial charge in [0.15, 0.2) is 0 Å². The molecule has 14 rings (SSSR count). The summed E-state index contributed by atoms with van der Waals surface area (Å²) >= 11 is 0. The Morgan fingerprint density at radius 1 is 0.200 bits per heavy atom. The maximum atomic E-state index is 2.51. The van der Waals surface area contributed by atoms with E-state index < -0.39 is 10.8 Å². The van der Waals surface area contributed by atoms with E-state index in [0.717, 1.165) is 17.1 Å². The average molecular weight is 954 g/mol. The van der Waals surface area contributed by atoms with Crippen LogP contribution in [0.5, 0.6) is 0 Å². The van der Waals surface area contributed by atoms with E-state index in [9.17, 15) is 0 Å². The lowest BCUT2D eigenvalue weighted by atomic mass is 9.66. The highest BCUT2D eigenvalue weighted by atomic mass is 15.1. The molecular weight excluding hydrogens is 903 g/mol. The molecule has 0 atom stereocenters. The van der Waals surface area contributed by atoms with Gasteiger partial charge in [0.05, 0.1) is 10.8 Å². The van der Waals surface area contributed by atoms with Crippen molar-refractivity contribution in [1.82, 2.24) is 0 Å². The molecule has 0 spiro atoms. The second kappa shape index (κ2) is 18.2. The highest BCUT2D eigenvalue weighted by Gasteiger charge is 2.49. The number of hydrogen-bond donors (Lipinski definition) is 0. The molecule has 0 saturated carbocycles. The molecule has 12 aromatic rings. The first-order valence-corrected chi connectivity index (χ1v) is 26.1. The number of hydrogen-bond acceptors (Lipinski definition) is 1. The predicted octanol–water partition coefficient (Wildman–Crippen LogP) is 18.9. The van der Waals surface area contributed by atoms with Crippen LogP contribution in [0.25, 0.3) is 55.6 Å². The standard InChI is InChI=1S/C74H51N/c1-8-24-52(25-9-1)54-40-42-61(43-41-54)75(62-44-46-65-64-38-22-23-39-69(64)73(70(65)50-62,57-30-14-4-15-31-57)58-32-16-5-17-33-58)63-45-47-66-68-49-56(53-26-10-2-11-27-53)48-67(55-28-12-3-13-29-55)72(68)74(71(66)51-63,59-34-18-6-19-35-59)60-36-20-7-21-37-60/h1-51H. The molecule has 0 saturated heterocycles. The summed E-state index contributed by atoms with van der Waals surface area (Å²) in [6.45, 7) is 0. The van der Waals surface area contributed by atoms with Crippen molar-refractivity contribution in [1.29, 1.82) is 0 Å². The van der Waals surface area contributed by atoms with Crippen LogP contribution < -0.4 is 4.90 Å². The Morgan fingerprint density at radius 2 is 0.547 bits per heavy atom. The molecule has 75 heavy (non-hydrogen) atoms. The molecule has 2 aliphatic carbocycles. The van der Waals surface area contributed by atoms with Gasteiger partial charge >= 0.3 is 0 Å². The molecule has 2 aliphatic rings. The van der Waals surface area contributed by atoms with Crippen molar-refractivity contribution in [3.63, 3.8) is 0 Å². The minimum atomic E-state index is -0.693. The smallest absolute Gasteiger partial charge is 0.0720 e. The number of nitrogens with zero attached hydrogens (tertiary/aromatic N) is 1. The highest BCUT2D eigenvalue weighted by molar-refractivity contribution is 5.97. The van der Waals surface area contributed by atoms with Crippen LogP contribution in [0.2, 0.25) is 0 Å². The first kappa shape index (κ1) is 44.2. The Kier molecular flexibility index (Phi) is 10.7. The van der Waals surface area contributed by atoms with Crippen LogP contribution >= 0.6 is 0 Å². The van der Waals surface area contributed by atoms with Gasteiger partial charge in [-0.1, -0.05) is 261 Å². The average Bonchev–Trinajstić information content (AvgIpc) is 4.03. The van der Waals surface area contributed by atoms with Crippen LogP contribution in [0.15, 0.2) is 309 Å². The molecule has 1 heteroatoms. The zero-order valence-corrected chi connectivity index (χ0v) is 41.4. The number of rotatable bonds is 10. The fraction of sp³-hybridized carbons (Fsp3) is 0.0270. The highest BCUT2D eigenvalue weighted by Crippen LogP contribution is 2.62. The fourth-order valence-electron chi connectivity index (χ4n) is 12.8. The quantitative estimate of drug-likeness (QED) is 0.132. The van der Waals surface area contributed by atoms with Crippen LogP contribution in [-0.4, -0.2) is 0 Å². The van der Waals surface area contributed by atoms with E-state index in [-0.39, 0.29) is 0 Å². The summed E-state index contributed by atoms with van der Waals surface area (Å²) in [5.41, 5.74) is 24.2. The Bertz CT molecular complexity index is 3920. The Labute approximate surface area is 440 Å². The molecular formula is C74H51N. The van der Waals surface area contributed by atoms with E-state index in [2.05, 4.69) is 314 Å². The van der Waals surface area contributed by atoms with Gasteiger partial charge in [0.1, 0.15) is 0 Å². The molecule has 0 radical (unpaired) electrons. The normalized spacial score (nSPS) is 13.3. The van der Waals surface area contributed by atoms with E-state index in [0.29, 0.717) is 0 Å². The molecule has 352 valence electrons. The minimum Gasteiger partial charge on any atom is -0.310 e. The van der Waals surface area contributed by atoms with Crippen LogP contribution in [0.3, 0.4) is 0 Å². The molecule has 0 N–H and O–H groups in total. The Hall–Kier alpha value is -9.56. The van der Waals surface area contributed by atoms with E-state index in [1.54, 1.807) is 0 Å². The summed E-state index contributed by atoms with van der Waals surface area (Å²) in [5.74, 6) is 0. The Balaban J connectivity index is 1.06. The number of benzene rings is 12. The molecule has 0 amide bonds. The lowest BCUT2D eigenvalue weighted by Gasteiger charge is -2.36. The van der Waals surface area contributed by atoms with Gasteiger partial charge in [-0.25, -0.2) is 0 Å². The fourth-order valence-corrected chi connectivity index (χ4v) is 12.8. The monoisotopic (exact) mass is 953 g/mol. The topological polar surface area (TPSA) is 3.24 Å². The summed E-state index contributed by atoms with van der Waals surface area (Å²) in [6, 6.07) is 115. The van der Waals surface area contributed by atoms with Gasteiger partial charge in [0.2, 0.25) is 0 Å². The lowest BCUT2D eigenvalue weighted by Crippen LogP contribution is -2.29. The predicted molar refractivity (Wildman–Crippen MR) is 312 cm³/mol. The van der Waals surface area contributed by atoms with Crippen molar-refractivity contribution in [2.45, 2.75) is 10.8 Å². The maximum absolute atomic E-state index is 2.51. The molecule has 0 bridgehead atoms. The zero-order valence-electron chi connectivity index (χ0n) is 41.4. The Morgan fingerprint density at radius 3 is 1.05 bits per heavy atom. The van der Waals surface area contributed by atoms with Crippen LogP contribution in [0.4, 0.5) is 17.1 Å². The van der Waals surface area contributed by atoms with Crippen molar-refractivity contribution < 1.29 is 0 Å². The molecule has 0 unspecified atom stereocenters. The summed E-state index contributed by atoms with van der Waals surface area (Å²) in [5, 5.41) is 0. The third-order valence-corrected chi connectivity index (χ3v) is 16.0. The summed E-state index contributed by atoms with van der Waals surface area (Å²) in [6.07, 6.45) is 0. The maximum Gasteiger partial charge on any atom is 0.0720 e. The van der Waals surface area contributed by atoms with Crippen LogP contribution in [-0.2, 0) is 10.8 Å². The lowest BCUT2D eigenvalue weighted by molar-refractivity contribution is 0.768. The van der Waals surface area contributed by atoms with Gasteiger partial charge in [-0.05, 0) is 149 Å². The van der Waals surface area contributed by atoms with Crippen LogP contribution in [0, 0.1) is 0 Å². The minimum absolute atomic E-state index is 0.563. The third kappa shape index (κ3) is 7.00. The van der Waals surface area contributed by atoms with Crippen molar-refractivity contribution >= 4 is 17.1 Å². The second-order valence-electron chi connectivity index (χ2n) is 19.9. The molecule has 12 aromatic carbocycles.